The van der Waals surface area contributed by atoms with Gasteiger partial charge in [0, 0.05) is 13.2 Å². The quantitative estimate of drug-likeness (QED) is 0.840. The topological polar surface area (TPSA) is 78.0 Å². The van der Waals surface area contributed by atoms with Crippen LogP contribution in [-0.2, 0) is 24.4 Å². The Kier molecular flexibility index (Phi) is 5.33. The summed E-state index contributed by atoms with van der Waals surface area (Å²) >= 11 is 6.14. The molecule has 2 rings (SSSR count). The molecule has 116 valence electrons. The zero-order chi connectivity index (χ0) is 15.4. The molecule has 0 bridgehead atoms. The zero-order valence-electron chi connectivity index (χ0n) is 12.7. The molecule has 0 aliphatic carbocycles. The first kappa shape index (κ1) is 15.9. The van der Waals surface area contributed by atoms with Crippen molar-refractivity contribution in [2.75, 3.05) is 7.11 Å². The molecule has 0 saturated heterocycles. The van der Waals surface area contributed by atoms with E-state index in [1.54, 1.807) is 7.11 Å². The monoisotopic (exact) mass is 313 g/mol. The van der Waals surface area contributed by atoms with Gasteiger partial charge in [0.1, 0.15) is 6.61 Å². The average Bonchev–Trinajstić information content (AvgIpc) is 2.99. The van der Waals surface area contributed by atoms with Crippen LogP contribution in [0.2, 0.25) is 5.02 Å². The molecule has 2 heterocycles. The van der Waals surface area contributed by atoms with Gasteiger partial charge in [0.2, 0.25) is 5.89 Å². The summed E-state index contributed by atoms with van der Waals surface area (Å²) in [5.74, 6) is 1.09. The summed E-state index contributed by atoms with van der Waals surface area (Å²) in [5, 5.41) is 12.3. The molecule has 0 radical (unpaired) electrons. The third-order valence-electron chi connectivity index (χ3n) is 3.13. The molecule has 2 aromatic rings. The second kappa shape index (κ2) is 7.02. The van der Waals surface area contributed by atoms with Crippen molar-refractivity contribution in [1.82, 2.24) is 25.2 Å². The third-order valence-corrected chi connectivity index (χ3v) is 3.67. The average molecular weight is 314 g/mol. The Morgan fingerprint density at radius 1 is 1.43 bits per heavy atom. The van der Waals surface area contributed by atoms with Gasteiger partial charge in [0.25, 0.3) is 0 Å². The predicted octanol–water partition coefficient (Wildman–Crippen LogP) is 1.86. The number of halogens is 1. The first-order valence-electron chi connectivity index (χ1n) is 6.74. The van der Waals surface area contributed by atoms with Crippen molar-refractivity contribution in [2.24, 2.45) is 0 Å². The fraction of sp³-hybridized carbons (Fsp3) is 0.615. The Morgan fingerprint density at radius 3 is 2.81 bits per heavy atom. The summed E-state index contributed by atoms with van der Waals surface area (Å²) in [6, 6.07) is 0.192. The van der Waals surface area contributed by atoms with Crippen LogP contribution < -0.4 is 5.32 Å². The summed E-state index contributed by atoms with van der Waals surface area (Å²) in [5.41, 5.74) is 1.82. The SMILES string of the molecule is COCc1noc(CN[C@H](C)Cn2nc(C)c(Cl)c2C)n1. The summed E-state index contributed by atoms with van der Waals surface area (Å²) in [7, 11) is 1.59. The van der Waals surface area contributed by atoms with Crippen molar-refractivity contribution in [2.45, 2.75) is 46.5 Å². The largest absolute Gasteiger partial charge is 0.377 e. The van der Waals surface area contributed by atoms with Crippen molar-refractivity contribution in [3.05, 3.63) is 28.1 Å². The number of nitrogens with zero attached hydrogens (tertiary/aromatic N) is 4. The first-order valence-corrected chi connectivity index (χ1v) is 7.12. The van der Waals surface area contributed by atoms with Gasteiger partial charge < -0.3 is 14.6 Å². The first-order chi connectivity index (χ1) is 10.0. The zero-order valence-corrected chi connectivity index (χ0v) is 13.4. The Labute approximate surface area is 128 Å². The smallest absolute Gasteiger partial charge is 0.240 e. The van der Waals surface area contributed by atoms with Crippen molar-refractivity contribution in [1.29, 1.82) is 0 Å². The number of hydrogen-bond acceptors (Lipinski definition) is 6. The van der Waals surface area contributed by atoms with Gasteiger partial charge in [0.15, 0.2) is 5.82 Å². The van der Waals surface area contributed by atoms with Crippen LogP contribution in [0, 0.1) is 13.8 Å². The molecular weight excluding hydrogens is 294 g/mol. The van der Waals surface area contributed by atoms with Gasteiger partial charge in [-0.25, -0.2) is 0 Å². The summed E-state index contributed by atoms with van der Waals surface area (Å²) < 4.78 is 12.0. The molecule has 21 heavy (non-hydrogen) atoms. The number of hydrogen-bond donors (Lipinski definition) is 1. The lowest BCUT2D eigenvalue weighted by atomic mass is 10.3. The highest BCUT2D eigenvalue weighted by molar-refractivity contribution is 6.31. The van der Waals surface area contributed by atoms with Gasteiger partial charge in [-0.05, 0) is 20.8 Å². The highest BCUT2D eigenvalue weighted by atomic mass is 35.5. The number of aromatic nitrogens is 4. The van der Waals surface area contributed by atoms with Crippen LogP contribution in [0.5, 0.6) is 0 Å². The molecule has 1 N–H and O–H groups in total. The standard InChI is InChI=1S/C13H20ClN5O2/c1-8(6-19-10(3)13(14)9(2)17-19)15-5-12-16-11(7-20-4)18-21-12/h8,15H,5-7H2,1-4H3/t8-/m1/s1. The van der Waals surface area contributed by atoms with Gasteiger partial charge in [-0.15, -0.1) is 0 Å². The van der Waals surface area contributed by atoms with E-state index >= 15 is 0 Å². The van der Waals surface area contributed by atoms with Crippen molar-refractivity contribution in [3.63, 3.8) is 0 Å². The molecule has 0 spiro atoms. The number of methoxy groups -OCH3 is 1. The van der Waals surface area contributed by atoms with Gasteiger partial charge in [-0.2, -0.15) is 10.1 Å². The lowest BCUT2D eigenvalue weighted by Crippen LogP contribution is -2.30. The molecule has 0 saturated carbocycles. The Morgan fingerprint density at radius 2 is 2.19 bits per heavy atom. The molecule has 8 heteroatoms. The van der Waals surface area contributed by atoms with Gasteiger partial charge in [0.05, 0.1) is 29.5 Å². The normalized spacial score (nSPS) is 12.8. The highest BCUT2D eigenvalue weighted by Gasteiger charge is 2.13. The molecule has 0 amide bonds. The lowest BCUT2D eigenvalue weighted by molar-refractivity contribution is 0.174. The van der Waals surface area contributed by atoms with Gasteiger partial charge in [-0.1, -0.05) is 16.8 Å². The molecule has 0 aliphatic rings. The molecule has 0 unspecified atom stereocenters. The number of nitrogens with one attached hydrogen (secondary N) is 1. The van der Waals surface area contributed by atoms with E-state index in [2.05, 4.69) is 27.5 Å². The number of rotatable bonds is 7. The lowest BCUT2D eigenvalue weighted by Gasteiger charge is -2.13. The van der Waals surface area contributed by atoms with Crippen LogP contribution in [0.4, 0.5) is 0 Å². The molecule has 7 nitrogen and oxygen atoms in total. The summed E-state index contributed by atoms with van der Waals surface area (Å²) in [6.45, 7) is 7.51. The van der Waals surface area contributed by atoms with Crippen LogP contribution in [0.15, 0.2) is 4.52 Å². The fourth-order valence-corrected chi connectivity index (χ4v) is 2.12. The molecule has 0 aliphatic heterocycles. The Bertz CT molecular complexity index is 595. The van der Waals surface area contributed by atoms with E-state index in [-0.39, 0.29) is 6.04 Å². The second-order valence-electron chi connectivity index (χ2n) is 4.99. The van der Waals surface area contributed by atoms with Crippen LogP contribution in [0.25, 0.3) is 0 Å². The van der Waals surface area contributed by atoms with E-state index in [4.69, 9.17) is 20.9 Å². The van der Waals surface area contributed by atoms with Crippen molar-refractivity contribution in [3.8, 4) is 0 Å². The van der Waals surface area contributed by atoms with E-state index in [0.717, 1.165) is 23.0 Å². The fourth-order valence-electron chi connectivity index (χ4n) is 1.99. The highest BCUT2D eigenvalue weighted by Crippen LogP contribution is 2.18. The second-order valence-corrected chi connectivity index (χ2v) is 5.36. The minimum atomic E-state index is 0.192. The maximum atomic E-state index is 6.14. The minimum Gasteiger partial charge on any atom is -0.377 e. The summed E-state index contributed by atoms with van der Waals surface area (Å²) in [4.78, 5) is 4.21. The van der Waals surface area contributed by atoms with Gasteiger partial charge >= 0.3 is 0 Å². The molecule has 2 aromatic heterocycles. The van der Waals surface area contributed by atoms with Crippen LogP contribution in [0.3, 0.4) is 0 Å². The number of ether oxygens (including phenoxy) is 1. The van der Waals surface area contributed by atoms with Gasteiger partial charge in [-0.3, -0.25) is 4.68 Å². The van der Waals surface area contributed by atoms with E-state index in [0.29, 0.717) is 24.9 Å². The van der Waals surface area contributed by atoms with Crippen LogP contribution >= 0.6 is 11.6 Å². The summed E-state index contributed by atoms with van der Waals surface area (Å²) in [6.07, 6.45) is 0. The maximum Gasteiger partial charge on any atom is 0.240 e. The Hall–Kier alpha value is -1.44. The van der Waals surface area contributed by atoms with Crippen LogP contribution in [0.1, 0.15) is 30.0 Å². The maximum absolute atomic E-state index is 6.14. The minimum absolute atomic E-state index is 0.192. The van der Waals surface area contributed by atoms with E-state index < -0.39 is 0 Å². The predicted molar refractivity (Wildman–Crippen MR) is 78.0 cm³/mol. The molecule has 0 aromatic carbocycles. The van der Waals surface area contributed by atoms with Crippen molar-refractivity contribution < 1.29 is 9.26 Å². The van der Waals surface area contributed by atoms with E-state index in [1.807, 2.05) is 18.5 Å². The third kappa shape index (κ3) is 4.03. The van der Waals surface area contributed by atoms with Crippen LogP contribution in [-0.4, -0.2) is 33.1 Å². The molecular formula is C13H20ClN5O2. The Balaban J connectivity index is 1.86. The van der Waals surface area contributed by atoms with E-state index in [1.165, 1.54) is 0 Å². The van der Waals surface area contributed by atoms with Crippen molar-refractivity contribution >= 4 is 11.6 Å². The number of aryl methyl sites for hydroxylation is 1. The van der Waals surface area contributed by atoms with E-state index in [9.17, 15) is 0 Å². The molecule has 1 atom stereocenters. The molecule has 0 fully saturated rings.